The number of phenols is 1. The molecule has 0 unspecified atom stereocenters. The second kappa shape index (κ2) is 10.5. The van der Waals surface area contributed by atoms with E-state index in [2.05, 4.69) is 34.1 Å². The van der Waals surface area contributed by atoms with Crippen molar-refractivity contribution < 1.29 is 14.9 Å². The molecule has 2 aromatic rings. The second-order valence-electron chi connectivity index (χ2n) is 7.37. The van der Waals surface area contributed by atoms with E-state index < -0.39 is 0 Å². The van der Waals surface area contributed by atoms with Crippen LogP contribution in [0.15, 0.2) is 48.5 Å². The molecule has 2 aromatic carbocycles. The molecule has 1 aliphatic rings. The van der Waals surface area contributed by atoms with Gasteiger partial charge in [-0.1, -0.05) is 42.5 Å². The van der Waals surface area contributed by atoms with Crippen LogP contribution in [0.25, 0.3) is 0 Å². The Labute approximate surface area is 168 Å². The summed E-state index contributed by atoms with van der Waals surface area (Å²) in [5.41, 5.74) is 2.25. The van der Waals surface area contributed by atoms with Gasteiger partial charge in [0, 0.05) is 50.9 Å². The minimum atomic E-state index is 0.200. The van der Waals surface area contributed by atoms with Crippen molar-refractivity contribution in [3.8, 4) is 11.5 Å². The quantitative estimate of drug-likeness (QED) is 0.696. The number of rotatable bonds is 9. The summed E-state index contributed by atoms with van der Waals surface area (Å²) >= 11 is 0. The Hall–Kier alpha value is -2.08. The van der Waals surface area contributed by atoms with Crippen LogP contribution in [0.1, 0.15) is 24.5 Å². The Bertz CT molecular complexity index is 723. The molecule has 1 saturated heterocycles. The SMILES string of the molecule is CCOc1cccc(CN2CCN(CCc3ccccc3)[C@H](CCO)C2)c1O. The number of ether oxygens (including phenoxy) is 1. The average molecular weight is 385 g/mol. The van der Waals surface area contributed by atoms with Gasteiger partial charge in [0.25, 0.3) is 0 Å². The third-order valence-electron chi connectivity index (χ3n) is 5.46. The zero-order valence-corrected chi connectivity index (χ0v) is 16.8. The van der Waals surface area contributed by atoms with Crippen LogP contribution in [0, 0.1) is 0 Å². The first kappa shape index (κ1) is 20.6. The number of piperazine rings is 1. The highest BCUT2D eigenvalue weighted by Crippen LogP contribution is 2.31. The van der Waals surface area contributed by atoms with Gasteiger partial charge in [0.15, 0.2) is 11.5 Å². The summed E-state index contributed by atoms with van der Waals surface area (Å²) < 4.78 is 5.51. The Kier molecular flexibility index (Phi) is 7.71. The van der Waals surface area contributed by atoms with Gasteiger partial charge in [0.2, 0.25) is 0 Å². The van der Waals surface area contributed by atoms with Gasteiger partial charge in [-0.15, -0.1) is 0 Å². The van der Waals surface area contributed by atoms with E-state index in [4.69, 9.17) is 4.74 Å². The van der Waals surface area contributed by atoms with Crippen molar-refractivity contribution in [2.45, 2.75) is 32.4 Å². The van der Waals surface area contributed by atoms with Crippen LogP contribution in [0.4, 0.5) is 0 Å². The van der Waals surface area contributed by atoms with Crippen molar-refractivity contribution in [1.82, 2.24) is 9.80 Å². The third-order valence-corrected chi connectivity index (χ3v) is 5.46. The largest absolute Gasteiger partial charge is 0.504 e. The molecule has 1 atom stereocenters. The Balaban J connectivity index is 1.60. The standard InChI is InChI=1S/C23H32N2O3/c1-2-28-22-10-6-9-20(23(22)27)17-24-14-15-25(21(18-24)12-16-26)13-11-19-7-4-3-5-8-19/h3-10,21,26-27H,2,11-18H2,1H3/t21-/m1/s1. The molecule has 5 nitrogen and oxygen atoms in total. The van der Waals surface area contributed by atoms with Gasteiger partial charge in [0.1, 0.15) is 0 Å². The lowest BCUT2D eigenvalue weighted by molar-refractivity contribution is 0.0558. The lowest BCUT2D eigenvalue weighted by Crippen LogP contribution is -2.53. The summed E-state index contributed by atoms with van der Waals surface area (Å²) in [6.07, 6.45) is 1.80. The van der Waals surface area contributed by atoms with E-state index in [1.165, 1.54) is 5.56 Å². The van der Waals surface area contributed by atoms with E-state index in [0.29, 0.717) is 24.9 Å². The number of nitrogens with zero attached hydrogens (tertiary/aromatic N) is 2. The van der Waals surface area contributed by atoms with E-state index in [-0.39, 0.29) is 12.4 Å². The van der Waals surface area contributed by atoms with Crippen molar-refractivity contribution in [1.29, 1.82) is 0 Å². The summed E-state index contributed by atoms with van der Waals surface area (Å²) in [6, 6.07) is 16.6. The van der Waals surface area contributed by atoms with Gasteiger partial charge in [-0.2, -0.15) is 0 Å². The van der Waals surface area contributed by atoms with Gasteiger partial charge in [-0.25, -0.2) is 0 Å². The van der Waals surface area contributed by atoms with Crippen molar-refractivity contribution in [3.63, 3.8) is 0 Å². The first-order chi connectivity index (χ1) is 13.7. The molecule has 152 valence electrons. The van der Waals surface area contributed by atoms with E-state index in [9.17, 15) is 10.2 Å². The Morgan fingerprint density at radius 1 is 1.07 bits per heavy atom. The number of phenolic OH excluding ortho intramolecular Hbond substituents is 1. The third kappa shape index (κ3) is 5.47. The number of benzene rings is 2. The van der Waals surface area contributed by atoms with Crippen LogP contribution in [0.5, 0.6) is 11.5 Å². The smallest absolute Gasteiger partial charge is 0.162 e. The molecule has 1 fully saturated rings. The fourth-order valence-corrected chi connectivity index (χ4v) is 3.94. The van der Waals surface area contributed by atoms with E-state index >= 15 is 0 Å². The van der Waals surface area contributed by atoms with E-state index in [0.717, 1.165) is 44.6 Å². The van der Waals surface area contributed by atoms with Crippen molar-refractivity contribution in [2.24, 2.45) is 0 Å². The van der Waals surface area contributed by atoms with Crippen molar-refractivity contribution in [3.05, 3.63) is 59.7 Å². The maximum atomic E-state index is 10.5. The molecule has 1 aliphatic heterocycles. The zero-order valence-electron chi connectivity index (χ0n) is 16.8. The molecule has 28 heavy (non-hydrogen) atoms. The van der Waals surface area contributed by atoms with Gasteiger partial charge in [-0.3, -0.25) is 9.80 Å². The number of hydrogen-bond donors (Lipinski definition) is 2. The summed E-state index contributed by atoms with van der Waals surface area (Å²) in [5, 5.41) is 20.0. The molecule has 0 bridgehead atoms. The Morgan fingerprint density at radius 2 is 1.89 bits per heavy atom. The maximum Gasteiger partial charge on any atom is 0.162 e. The first-order valence-corrected chi connectivity index (χ1v) is 10.3. The normalized spacial score (nSPS) is 18.3. The predicted molar refractivity (Wildman–Crippen MR) is 112 cm³/mol. The highest BCUT2D eigenvalue weighted by atomic mass is 16.5. The molecule has 1 heterocycles. The maximum absolute atomic E-state index is 10.5. The van der Waals surface area contributed by atoms with Crippen molar-refractivity contribution in [2.75, 3.05) is 39.4 Å². The molecule has 0 radical (unpaired) electrons. The molecular formula is C23H32N2O3. The summed E-state index contributed by atoms with van der Waals surface area (Å²) in [4.78, 5) is 4.86. The van der Waals surface area contributed by atoms with Crippen LogP contribution >= 0.6 is 0 Å². The van der Waals surface area contributed by atoms with E-state index in [1.54, 1.807) is 6.07 Å². The average Bonchev–Trinajstić information content (AvgIpc) is 2.71. The summed E-state index contributed by atoms with van der Waals surface area (Å²) in [6.45, 7) is 7.18. The second-order valence-corrected chi connectivity index (χ2v) is 7.37. The first-order valence-electron chi connectivity index (χ1n) is 10.3. The van der Waals surface area contributed by atoms with Crippen LogP contribution in [0.2, 0.25) is 0 Å². The van der Waals surface area contributed by atoms with Crippen LogP contribution in [-0.4, -0.2) is 65.4 Å². The van der Waals surface area contributed by atoms with Crippen LogP contribution in [0.3, 0.4) is 0 Å². The van der Waals surface area contributed by atoms with Crippen LogP contribution < -0.4 is 4.74 Å². The lowest BCUT2D eigenvalue weighted by Gasteiger charge is -2.41. The minimum absolute atomic E-state index is 0.200. The van der Waals surface area contributed by atoms with Gasteiger partial charge >= 0.3 is 0 Å². The van der Waals surface area contributed by atoms with E-state index in [1.807, 2.05) is 25.1 Å². The summed E-state index contributed by atoms with van der Waals surface area (Å²) in [5.74, 6) is 0.794. The lowest BCUT2D eigenvalue weighted by atomic mass is 10.1. The molecule has 0 aliphatic carbocycles. The molecule has 0 saturated carbocycles. The molecule has 3 rings (SSSR count). The Morgan fingerprint density at radius 3 is 2.64 bits per heavy atom. The van der Waals surface area contributed by atoms with Crippen molar-refractivity contribution >= 4 is 0 Å². The number of para-hydroxylation sites is 1. The van der Waals surface area contributed by atoms with Gasteiger partial charge < -0.3 is 14.9 Å². The monoisotopic (exact) mass is 384 g/mol. The number of aliphatic hydroxyl groups is 1. The number of hydrogen-bond acceptors (Lipinski definition) is 5. The zero-order chi connectivity index (χ0) is 19.8. The number of aliphatic hydroxyl groups excluding tert-OH is 1. The highest BCUT2D eigenvalue weighted by Gasteiger charge is 2.27. The molecule has 0 amide bonds. The van der Waals surface area contributed by atoms with Gasteiger partial charge in [-0.05, 0) is 31.4 Å². The predicted octanol–water partition coefficient (Wildman–Crippen LogP) is 2.90. The molecule has 0 spiro atoms. The van der Waals surface area contributed by atoms with Gasteiger partial charge in [0.05, 0.1) is 6.61 Å². The fourth-order valence-electron chi connectivity index (χ4n) is 3.94. The summed E-state index contributed by atoms with van der Waals surface area (Å²) in [7, 11) is 0. The highest BCUT2D eigenvalue weighted by molar-refractivity contribution is 5.45. The fraction of sp³-hybridized carbons (Fsp3) is 0.478. The number of aromatic hydroxyl groups is 1. The molecule has 5 heteroatoms. The van der Waals surface area contributed by atoms with Crippen LogP contribution in [-0.2, 0) is 13.0 Å². The molecule has 0 aromatic heterocycles. The molecular weight excluding hydrogens is 352 g/mol. The molecule has 2 N–H and O–H groups in total. The minimum Gasteiger partial charge on any atom is -0.504 e. The topological polar surface area (TPSA) is 56.2 Å².